The van der Waals surface area contributed by atoms with Gasteiger partial charge in [-0.25, -0.2) is 4.39 Å². The van der Waals surface area contributed by atoms with Crippen LogP contribution in [0, 0.1) is 26.6 Å². The van der Waals surface area contributed by atoms with Gasteiger partial charge in [0.05, 0.1) is 18.5 Å². The molecule has 0 radical (unpaired) electrons. The molecule has 140 valence electrons. The van der Waals surface area contributed by atoms with Crippen molar-refractivity contribution < 1.29 is 14.2 Å². The zero-order valence-corrected chi connectivity index (χ0v) is 16.3. The first-order chi connectivity index (χ1) is 12.8. The summed E-state index contributed by atoms with van der Waals surface area (Å²) in [5.41, 5.74) is 6.29. The fraction of sp³-hybridized carbons (Fsp3) is 0.217. The third-order valence-electron chi connectivity index (χ3n) is 4.92. The molecule has 0 saturated heterocycles. The van der Waals surface area contributed by atoms with Gasteiger partial charge in [0.2, 0.25) is 0 Å². The number of hydrogen-bond acceptors (Lipinski definition) is 3. The van der Waals surface area contributed by atoms with Crippen molar-refractivity contribution in [3.05, 3.63) is 71.0 Å². The highest BCUT2D eigenvalue weighted by Gasteiger charge is 2.19. The van der Waals surface area contributed by atoms with Gasteiger partial charge in [-0.2, -0.15) is 0 Å². The van der Waals surface area contributed by atoms with E-state index in [0.29, 0.717) is 0 Å². The minimum Gasteiger partial charge on any atom is -0.508 e. The lowest BCUT2D eigenvalue weighted by Gasteiger charge is -2.27. The van der Waals surface area contributed by atoms with Crippen LogP contribution in [0.5, 0.6) is 11.5 Å². The van der Waals surface area contributed by atoms with Gasteiger partial charge in [0.15, 0.2) is 0 Å². The maximum Gasteiger partial charge on any atom is 0.145 e. The summed E-state index contributed by atoms with van der Waals surface area (Å²) in [5, 5.41) is 10.2. The van der Waals surface area contributed by atoms with Crippen LogP contribution in [0.4, 0.5) is 15.8 Å². The van der Waals surface area contributed by atoms with E-state index in [1.807, 2.05) is 57.0 Å². The molecular formula is C23H24FNO2. The Morgan fingerprint density at radius 2 is 1.67 bits per heavy atom. The SMILES string of the molecule is COc1c(C)cc(-c2cccc(F)c2)cc1N(C)c1c(C)ccc(O)c1C. The first-order valence-corrected chi connectivity index (χ1v) is 8.81. The Hall–Kier alpha value is -3.01. The molecule has 3 aromatic rings. The Labute approximate surface area is 159 Å². The normalized spacial score (nSPS) is 10.7. The summed E-state index contributed by atoms with van der Waals surface area (Å²) in [7, 11) is 3.59. The van der Waals surface area contributed by atoms with Crippen molar-refractivity contribution in [2.45, 2.75) is 20.8 Å². The molecule has 0 saturated carbocycles. The number of phenols is 1. The van der Waals surface area contributed by atoms with E-state index in [2.05, 4.69) is 0 Å². The molecule has 0 bridgehead atoms. The molecule has 4 heteroatoms. The zero-order valence-electron chi connectivity index (χ0n) is 16.3. The van der Waals surface area contributed by atoms with Gasteiger partial charge >= 0.3 is 0 Å². The van der Waals surface area contributed by atoms with Gasteiger partial charge in [-0.1, -0.05) is 18.2 Å². The standard InChI is InChI=1S/C23H24FNO2/c1-14-9-10-21(26)16(3)22(14)25(4)20-13-18(11-15(2)23(20)27-5)17-7-6-8-19(24)12-17/h6-13,26H,1-5H3. The van der Waals surface area contributed by atoms with Crippen LogP contribution in [0.3, 0.4) is 0 Å². The lowest BCUT2D eigenvalue weighted by molar-refractivity contribution is 0.412. The number of anilines is 2. The van der Waals surface area contributed by atoms with E-state index < -0.39 is 0 Å². The Morgan fingerprint density at radius 3 is 2.33 bits per heavy atom. The van der Waals surface area contributed by atoms with E-state index in [0.717, 1.165) is 44.9 Å². The second-order valence-electron chi connectivity index (χ2n) is 6.79. The number of aryl methyl sites for hydroxylation is 2. The molecule has 0 aliphatic heterocycles. The summed E-state index contributed by atoms with van der Waals surface area (Å²) in [4.78, 5) is 2.01. The van der Waals surface area contributed by atoms with E-state index in [1.165, 1.54) is 12.1 Å². The summed E-state index contributed by atoms with van der Waals surface area (Å²) < 4.78 is 19.4. The largest absolute Gasteiger partial charge is 0.508 e. The highest BCUT2D eigenvalue weighted by atomic mass is 19.1. The molecule has 0 unspecified atom stereocenters. The van der Waals surface area contributed by atoms with Crippen LogP contribution in [0.25, 0.3) is 11.1 Å². The first-order valence-electron chi connectivity index (χ1n) is 8.81. The van der Waals surface area contributed by atoms with Crippen molar-refractivity contribution in [2.24, 2.45) is 0 Å². The van der Waals surface area contributed by atoms with Gasteiger partial charge in [0.1, 0.15) is 17.3 Å². The molecule has 3 aromatic carbocycles. The monoisotopic (exact) mass is 365 g/mol. The molecule has 0 heterocycles. The van der Waals surface area contributed by atoms with Gasteiger partial charge in [-0.05, 0) is 73.4 Å². The predicted octanol–water partition coefficient (Wildman–Crippen LogP) is 5.90. The molecule has 0 fully saturated rings. The number of ether oxygens (including phenoxy) is 1. The van der Waals surface area contributed by atoms with Crippen LogP contribution in [0.15, 0.2) is 48.5 Å². The fourth-order valence-electron chi connectivity index (χ4n) is 3.57. The molecule has 0 aliphatic carbocycles. The molecule has 1 N–H and O–H groups in total. The van der Waals surface area contributed by atoms with Crippen LogP contribution in [0.1, 0.15) is 16.7 Å². The van der Waals surface area contributed by atoms with E-state index in [1.54, 1.807) is 19.2 Å². The smallest absolute Gasteiger partial charge is 0.145 e. The number of nitrogens with zero attached hydrogens (tertiary/aromatic N) is 1. The Balaban J connectivity index is 2.21. The summed E-state index contributed by atoms with van der Waals surface area (Å²) in [6.45, 7) is 5.87. The molecule has 27 heavy (non-hydrogen) atoms. The Bertz CT molecular complexity index is 998. The Morgan fingerprint density at radius 1 is 0.926 bits per heavy atom. The highest BCUT2D eigenvalue weighted by Crippen LogP contribution is 2.42. The van der Waals surface area contributed by atoms with E-state index in [4.69, 9.17) is 4.74 Å². The number of aromatic hydroxyl groups is 1. The Kier molecular flexibility index (Phi) is 5.08. The van der Waals surface area contributed by atoms with E-state index >= 15 is 0 Å². The van der Waals surface area contributed by atoms with Crippen LogP contribution in [0.2, 0.25) is 0 Å². The molecule has 0 aliphatic rings. The average Bonchev–Trinajstić information content (AvgIpc) is 2.64. The third-order valence-corrected chi connectivity index (χ3v) is 4.92. The van der Waals surface area contributed by atoms with Crippen molar-refractivity contribution in [3.8, 4) is 22.6 Å². The number of rotatable bonds is 4. The first kappa shape index (κ1) is 18.8. The number of halogens is 1. The third kappa shape index (κ3) is 3.47. The molecule has 0 amide bonds. The molecule has 0 atom stereocenters. The second kappa shape index (κ2) is 7.31. The van der Waals surface area contributed by atoms with Crippen molar-refractivity contribution in [2.75, 3.05) is 19.1 Å². The summed E-state index contributed by atoms with van der Waals surface area (Å²) in [6.07, 6.45) is 0. The van der Waals surface area contributed by atoms with Crippen molar-refractivity contribution in [1.29, 1.82) is 0 Å². The minimum atomic E-state index is -0.268. The van der Waals surface area contributed by atoms with Crippen molar-refractivity contribution >= 4 is 11.4 Å². The van der Waals surface area contributed by atoms with Crippen LogP contribution < -0.4 is 9.64 Å². The van der Waals surface area contributed by atoms with Gasteiger partial charge in [-0.15, -0.1) is 0 Å². The average molecular weight is 365 g/mol. The van der Waals surface area contributed by atoms with Crippen LogP contribution in [-0.2, 0) is 0 Å². The van der Waals surface area contributed by atoms with Crippen molar-refractivity contribution in [1.82, 2.24) is 0 Å². The second-order valence-corrected chi connectivity index (χ2v) is 6.79. The summed E-state index contributed by atoms with van der Waals surface area (Å²) in [6, 6.07) is 14.1. The topological polar surface area (TPSA) is 32.7 Å². The fourth-order valence-corrected chi connectivity index (χ4v) is 3.57. The number of benzene rings is 3. The molecular weight excluding hydrogens is 341 g/mol. The molecule has 3 nitrogen and oxygen atoms in total. The van der Waals surface area contributed by atoms with Crippen LogP contribution >= 0.6 is 0 Å². The zero-order chi connectivity index (χ0) is 19.7. The van der Waals surface area contributed by atoms with Gasteiger partial charge in [0.25, 0.3) is 0 Å². The van der Waals surface area contributed by atoms with Gasteiger partial charge in [-0.3, -0.25) is 0 Å². The van der Waals surface area contributed by atoms with Gasteiger partial charge < -0.3 is 14.7 Å². The molecule has 3 rings (SSSR count). The maximum atomic E-state index is 13.7. The predicted molar refractivity (Wildman–Crippen MR) is 109 cm³/mol. The van der Waals surface area contributed by atoms with Crippen molar-refractivity contribution in [3.63, 3.8) is 0 Å². The number of phenolic OH excluding ortho intramolecular Hbond substituents is 1. The lowest BCUT2D eigenvalue weighted by atomic mass is 10.00. The summed E-state index contributed by atoms with van der Waals surface area (Å²) in [5.74, 6) is 0.731. The molecule has 0 spiro atoms. The number of hydrogen-bond donors (Lipinski definition) is 1. The maximum absolute atomic E-state index is 13.7. The molecule has 0 aromatic heterocycles. The van der Waals surface area contributed by atoms with E-state index in [9.17, 15) is 9.50 Å². The number of methoxy groups -OCH3 is 1. The van der Waals surface area contributed by atoms with E-state index in [-0.39, 0.29) is 11.6 Å². The highest BCUT2D eigenvalue weighted by molar-refractivity contribution is 5.80. The quantitative estimate of drug-likeness (QED) is 0.625. The van der Waals surface area contributed by atoms with Gasteiger partial charge in [0, 0.05) is 12.6 Å². The lowest BCUT2D eigenvalue weighted by Crippen LogP contribution is -2.14. The minimum absolute atomic E-state index is 0.249. The van der Waals surface area contributed by atoms with Crippen LogP contribution in [-0.4, -0.2) is 19.3 Å². The summed E-state index contributed by atoms with van der Waals surface area (Å²) >= 11 is 0.